The van der Waals surface area contributed by atoms with Gasteiger partial charge < -0.3 is 0 Å². The molecule has 1 aliphatic heterocycles. The number of hydrogen-bond donors (Lipinski definition) is 0. The summed E-state index contributed by atoms with van der Waals surface area (Å²) < 4.78 is 5.37. The minimum absolute atomic E-state index is 0.930. The van der Waals surface area contributed by atoms with Crippen LogP contribution in [-0.2, 0) is 11.8 Å². The zero-order valence-electron chi connectivity index (χ0n) is 12.1. The Hall–Kier alpha value is 1.46. The van der Waals surface area contributed by atoms with Gasteiger partial charge in [-0.25, -0.2) is 0 Å². The van der Waals surface area contributed by atoms with E-state index in [9.17, 15) is 0 Å². The van der Waals surface area contributed by atoms with Crippen molar-refractivity contribution in [2.24, 2.45) is 0 Å². The standard InChI is InChI=1S/C12H21Ge2OPS3/c1-13(2)10-14(3,4)19-16(17,18-13)12-8-6-11(15-5)7-9-12/h6-9H,10H2,1-5H3. The monoisotopic (exact) mass is 456 g/mol. The Morgan fingerprint density at radius 2 is 1.53 bits per heavy atom. The maximum atomic E-state index is 6.19. The Morgan fingerprint density at radius 3 is 1.95 bits per heavy atom. The quantitative estimate of drug-likeness (QED) is 0.457. The van der Waals surface area contributed by atoms with Gasteiger partial charge in [-0.3, -0.25) is 0 Å². The van der Waals surface area contributed by atoms with Crippen LogP contribution < -0.4 is 10.0 Å². The number of ether oxygens (including phenoxy) is 1. The molecule has 2 rings (SSSR count). The molecule has 0 radical (unpaired) electrons. The summed E-state index contributed by atoms with van der Waals surface area (Å²) in [5.74, 6) is 11.2. The molecule has 1 heterocycles. The van der Waals surface area contributed by atoms with Crippen LogP contribution in [0, 0.1) is 0 Å². The second kappa shape index (κ2) is 5.92. The van der Waals surface area contributed by atoms with Crippen molar-refractivity contribution in [3.8, 4) is 5.75 Å². The molecule has 7 heteroatoms. The molecule has 1 aromatic rings. The molecule has 1 nitrogen and oxygen atoms in total. The van der Waals surface area contributed by atoms with Gasteiger partial charge in [-0.2, -0.15) is 0 Å². The van der Waals surface area contributed by atoms with Gasteiger partial charge in [0.2, 0.25) is 0 Å². The molecule has 106 valence electrons. The van der Waals surface area contributed by atoms with Crippen molar-refractivity contribution in [1.29, 1.82) is 0 Å². The van der Waals surface area contributed by atoms with Crippen molar-refractivity contribution < 1.29 is 4.74 Å². The van der Waals surface area contributed by atoms with Crippen molar-refractivity contribution in [2.45, 2.75) is 27.1 Å². The molecule has 1 fully saturated rings. The summed E-state index contributed by atoms with van der Waals surface area (Å²) in [5.41, 5.74) is 0. The predicted molar refractivity (Wildman–Crippen MR) is 102 cm³/mol. The van der Waals surface area contributed by atoms with E-state index in [-0.39, 0.29) is 0 Å². The van der Waals surface area contributed by atoms with Gasteiger partial charge in [0.25, 0.3) is 0 Å². The number of hydrogen-bond acceptors (Lipinski definition) is 4. The maximum absolute atomic E-state index is 6.19. The Morgan fingerprint density at radius 1 is 1.05 bits per heavy atom. The van der Waals surface area contributed by atoms with Crippen molar-refractivity contribution in [2.75, 3.05) is 7.11 Å². The third-order valence-electron chi connectivity index (χ3n) is 2.97. The van der Waals surface area contributed by atoms with Crippen LogP contribution >= 0.6 is 23.9 Å². The van der Waals surface area contributed by atoms with Gasteiger partial charge >= 0.3 is 134 Å². The fourth-order valence-corrected chi connectivity index (χ4v) is 154. The van der Waals surface area contributed by atoms with Crippen LogP contribution in [0.4, 0.5) is 0 Å². The van der Waals surface area contributed by atoms with Gasteiger partial charge in [0, 0.05) is 0 Å². The van der Waals surface area contributed by atoms with E-state index in [2.05, 4.69) is 66.7 Å². The van der Waals surface area contributed by atoms with E-state index in [0.717, 1.165) is 5.75 Å². The van der Waals surface area contributed by atoms with Gasteiger partial charge in [0.15, 0.2) is 0 Å². The zero-order valence-corrected chi connectivity index (χ0v) is 19.6. The van der Waals surface area contributed by atoms with Gasteiger partial charge in [-0.15, -0.1) is 0 Å². The van der Waals surface area contributed by atoms with E-state index in [4.69, 9.17) is 16.5 Å². The molecule has 0 bridgehead atoms. The van der Waals surface area contributed by atoms with Crippen LogP contribution in [0.15, 0.2) is 24.3 Å². The molecule has 0 aromatic heterocycles. The fraction of sp³-hybridized carbons (Fsp3) is 0.500. The molecule has 0 unspecified atom stereocenters. The summed E-state index contributed by atoms with van der Waals surface area (Å²) in [6.45, 7) is 0. The van der Waals surface area contributed by atoms with Gasteiger partial charge in [-0.1, -0.05) is 0 Å². The van der Waals surface area contributed by atoms with Crippen LogP contribution in [0.3, 0.4) is 0 Å². The average molecular weight is 454 g/mol. The number of benzene rings is 1. The molecule has 0 spiro atoms. The van der Waals surface area contributed by atoms with E-state index in [1.807, 2.05) is 0 Å². The first-order valence-corrected chi connectivity index (χ1v) is 28.5. The molecule has 0 N–H and O–H groups in total. The Kier molecular flexibility index (Phi) is 5.24. The number of rotatable bonds is 2. The molecule has 19 heavy (non-hydrogen) atoms. The van der Waals surface area contributed by atoms with E-state index < -0.39 is 28.7 Å². The Labute approximate surface area is 133 Å². The van der Waals surface area contributed by atoms with E-state index >= 15 is 0 Å². The van der Waals surface area contributed by atoms with Crippen molar-refractivity contribution in [3.63, 3.8) is 0 Å². The third-order valence-corrected chi connectivity index (χ3v) is 83.3. The Balaban J connectivity index is 2.37. The SMILES string of the molecule is COc1ccc(P2(=S)[S][Ge]([CH3])([CH3])[CH2][Ge]([CH3])([CH3])[S]2)cc1. The molecule has 0 atom stereocenters. The summed E-state index contributed by atoms with van der Waals surface area (Å²) in [7, 11) is 6.20. The first-order valence-electron chi connectivity index (χ1n) is 6.32. The summed E-state index contributed by atoms with van der Waals surface area (Å²) in [5, 5.41) is 1.40. The fourth-order valence-electron chi connectivity index (χ4n) is 2.63. The van der Waals surface area contributed by atoms with Crippen LogP contribution in [0.25, 0.3) is 0 Å². The van der Waals surface area contributed by atoms with Gasteiger partial charge in [0.1, 0.15) is 0 Å². The van der Waals surface area contributed by atoms with Crippen LogP contribution in [0.5, 0.6) is 5.75 Å². The van der Waals surface area contributed by atoms with Gasteiger partial charge in [-0.05, 0) is 0 Å². The first kappa shape index (κ1) is 16.8. The molecular weight excluding hydrogens is 433 g/mol. The summed E-state index contributed by atoms with van der Waals surface area (Å²) >= 11 is 2.78. The normalized spacial score (nSPS) is 23.8. The molecule has 0 aliphatic carbocycles. The second-order valence-corrected chi connectivity index (χ2v) is 53.8. The van der Waals surface area contributed by atoms with Crippen LogP contribution in [-0.4, -0.2) is 31.4 Å². The topological polar surface area (TPSA) is 9.23 Å². The zero-order chi connectivity index (χ0) is 14.3. The molecule has 1 saturated heterocycles. The molecule has 1 aromatic carbocycles. The average Bonchev–Trinajstić information content (AvgIpc) is 2.24. The predicted octanol–water partition coefficient (Wildman–Crippen LogP) is 5.06. The molecule has 0 saturated carbocycles. The van der Waals surface area contributed by atoms with E-state index in [1.165, 1.54) is 5.30 Å². The van der Waals surface area contributed by atoms with Crippen LogP contribution in [0.2, 0.25) is 27.1 Å². The van der Waals surface area contributed by atoms with E-state index in [1.54, 1.807) is 11.2 Å². The minimum atomic E-state index is -1.70. The first-order chi connectivity index (χ1) is 8.66. The summed E-state index contributed by atoms with van der Waals surface area (Å²) in [6, 6.07) is 8.56. The molecule has 1 aliphatic rings. The number of methoxy groups -OCH3 is 1. The second-order valence-electron chi connectivity index (χ2n) is 6.07. The van der Waals surface area contributed by atoms with Crippen molar-refractivity contribution in [1.82, 2.24) is 0 Å². The Bertz CT molecular complexity index is 496. The summed E-state index contributed by atoms with van der Waals surface area (Å²) in [4.78, 5) is 0. The third kappa shape index (κ3) is 4.23. The van der Waals surface area contributed by atoms with Crippen molar-refractivity contribution in [3.05, 3.63) is 24.3 Å². The molecular formula is C12H21Ge2OPS3. The van der Waals surface area contributed by atoms with E-state index in [0.29, 0.717) is 0 Å². The van der Waals surface area contributed by atoms with Crippen LogP contribution in [0.1, 0.15) is 0 Å². The van der Waals surface area contributed by atoms with Crippen molar-refractivity contribution >= 4 is 65.2 Å². The van der Waals surface area contributed by atoms with Gasteiger partial charge in [0.05, 0.1) is 0 Å². The molecule has 0 amide bonds. The summed E-state index contributed by atoms with van der Waals surface area (Å²) in [6.07, 6.45) is 0.